The molecule has 0 aliphatic heterocycles. The van der Waals surface area contributed by atoms with E-state index >= 15 is 0 Å². The molecule has 1 heterocycles. The molecule has 116 valence electrons. The van der Waals surface area contributed by atoms with Crippen molar-refractivity contribution in [1.29, 1.82) is 0 Å². The van der Waals surface area contributed by atoms with Crippen molar-refractivity contribution in [1.82, 2.24) is 10.3 Å². The summed E-state index contributed by atoms with van der Waals surface area (Å²) in [7, 11) is 0. The van der Waals surface area contributed by atoms with Gasteiger partial charge < -0.3 is 11.1 Å². The van der Waals surface area contributed by atoms with Crippen LogP contribution in [0.25, 0.3) is 0 Å². The zero-order valence-corrected chi connectivity index (χ0v) is 14.3. The summed E-state index contributed by atoms with van der Waals surface area (Å²) in [5, 5.41) is 3.97. The zero-order valence-electron chi connectivity index (χ0n) is 11.8. The van der Waals surface area contributed by atoms with E-state index in [9.17, 15) is 4.79 Å². The van der Waals surface area contributed by atoms with E-state index in [1.165, 1.54) is 24.2 Å². The van der Waals surface area contributed by atoms with Gasteiger partial charge in [-0.05, 0) is 38.5 Å². The number of nitrogens with one attached hydrogen (secondary N) is 1. The van der Waals surface area contributed by atoms with E-state index < -0.39 is 0 Å². The van der Waals surface area contributed by atoms with Crippen LogP contribution in [0.3, 0.4) is 0 Å². The molecule has 1 amide bonds. The lowest BCUT2D eigenvalue weighted by atomic mass is 10.2. The van der Waals surface area contributed by atoms with Gasteiger partial charge in [0.15, 0.2) is 0 Å². The van der Waals surface area contributed by atoms with Crippen molar-refractivity contribution in [3.05, 3.63) is 15.6 Å². The van der Waals surface area contributed by atoms with Gasteiger partial charge in [0.2, 0.25) is 0 Å². The van der Waals surface area contributed by atoms with Crippen LogP contribution in [0.15, 0.2) is 0 Å². The molecule has 0 bridgehead atoms. The number of carbonyl (C=O) groups excluding carboxylic acids is 1. The maximum atomic E-state index is 12.0. The number of nitrogens with zero attached hydrogens (tertiary/aromatic N) is 1. The molecule has 0 radical (unpaired) electrons. The fraction of sp³-hybridized carbons (Fsp3) is 0.692. The number of rotatable bonds is 6. The van der Waals surface area contributed by atoms with Gasteiger partial charge in [-0.3, -0.25) is 4.79 Å². The van der Waals surface area contributed by atoms with Crippen LogP contribution in [0.5, 0.6) is 0 Å². The van der Waals surface area contributed by atoms with E-state index in [0.29, 0.717) is 12.5 Å². The molecule has 4 nitrogen and oxygen atoms in total. The standard InChI is InChI=1S/C13H21N3OS.2ClH/c1-3-4-11-16-8(2)12(18-11)13(17)15-7-10(14)9-5-6-9;;/h9-10H,3-7,14H2,1-2H3,(H,15,17);2*1H. The molecular weight excluding hydrogens is 317 g/mol. The second kappa shape index (κ2) is 8.82. The number of halogens is 2. The summed E-state index contributed by atoms with van der Waals surface area (Å²) in [6.45, 7) is 4.58. The third-order valence-corrected chi connectivity index (χ3v) is 4.45. The molecule has 2 rings (SSSR count). The maximum Gasteiger partial charge on any atom is 0.263 e. The van der Waals surface area contributed by atoms with Crippen molar-refractivity contribution >= 4 is 42.1 Å². The number of carbonyl (C=O) groups is 1. The highest BCUT2D eigenvalue weighted by Crippen LogP contribution is 2.31. The highest BCUT2D eigenvalue weighted by Gasteiger charge is 2.28. The fourth-order valence-corrected chi connectivity index (χ4v) is 3.05. The minimum atomic E-state index is -0.0246. The summed E-state index contributed by atoms with van der Waals surface area (Å²) in [6, 6.07) is 0.109. The number of amides is 1. The lowest BCUT2D eigenvalue weighted by Gasteiger charge is -2.10. The molecule has 7 heteroatoms. The van der Waals surface area contributed by atoms with E-state index in [4.69, 9.17) is 5.73 Å². The Morgan fingerprint density at radius 1 is 1.50 bits per heavy atom. The van der Waals surface area contributed by atoms with Crippen molar-refractivity contribution < 1.29 is 4.79 Å². The number of nitrogens with two attached hydrogens (primary N) is 1. The summed E-state index contributed by atoms with van der Waals surface area (Å²) >= 11 is 1.50. The molecule has 1 aromatic heterocycles. The molecule has 20 heavy (non-hydrogen) atoms. The first-order valence-corrected chi connectivity index (χ1v) is 7.43. The number of aryl methyl sites for hydroxylation is 2. The molecule has 1 aliphatic rings. The van der Waals surface area contributed by atoms with Crippen molar-refractivity contribution in [2.75, 3.05) is 6.54 Å². The Kier molecular flexibility index (Phi) is 8.66. The predicted octanol–water partition coefficient (Wildman–Crippen LogP) is 2.71. The van der Waals surface area contributed by atoms with Crippen molar-refractivity contribution in [3.63, 3.8) is 0 Å². The predicted molar refractivity (Wildman–Crippen MR) is 88.4 cm³/mol. The lowest BCUT2D eigenvalue weighted by Crippen LogP contribution is -2.38. The van der Waals surface area contributed by atoms with Gasteiger partial charge in [-0.2, -0.15) is 0 Å². The number of aromatic nitrogens is 1. The molecule has 3 N–H and O–H groups in total. The number of hydrogen-bond donors (Lipinski definition) is 2. The molecule has 0 aromatic carbocycles. The largest absolute Gasteiger partial charge is 0.350 e. The summed E-state index contributed by atoms with van der Waals surface area (Å²) in [5.74, 6) is 0.590. The second-order valence-corrected chi connectivity index (χ2v) is 6.07. The molecule has 1 unspecified atom stereocenters. The van der Waals surface area contributed by atoms with Gasteiger partial charge in [-0.15, -0.1) is 36.2 Å². The molecule has 1 atom stereocenters. The third-order valence-electron chi connectivity index (χ3n) is 3.24. The minimum Gasteiger partial charge on any atom is -0.350 e. The van der Waals surface area contributed by atoms with Gasteiger partial charge in [-0.1, -0.05) is 6.92 Å². The van der Waals surface area contributed by atoms with Crippen LogP contribution in [-0.4, -0.2) is 23.5 Å². The highest BCUT2D eigenvalue weighted by atomic mass is 35.5. The van der Waals surface area contributed by atoms with Crippen LogP contribution in [0.4, 0.5) is 0 Å². The Balaban J connectivity index is 0.00000180. The van der Waals surface area contributed by atoms with Crippen molar-refractivity contribution in [2.24, 2.45) is 11.7 Å². The maximum absolute atomic E-state index is 12.0. The molecular formula is C13H23Cl2N3OS. The summed E-state index contributed by atoms with van der Waals surface area (Å²) in [5.41, 5.74) is 6.80. The number of hydrogen-bond acceptors (Lipinski definition) is 4. The van der Waals surface area contributed by atoms with Gasteiger partial charge in [0.05, 0.1) is 10.7 Å². The Morgan fingerprint density at radius 3 is 2.70 bits per heavy atom. The van der Waals surface area contributed by atoms with Gasteiger partial charge in [0, 0.05) is 12.6 Å². The van der Waals surface area contributed by atoms with Gasteiger partial charge in [0.1, 0.15) is 4.88 Å². The van der Waals surface area contributed by atoms with E-state index in [1.54, 1.807) is 0 Å². The zero-order chi connectivity index (χ0) is 13.1. The molecule has 0 saturated heterocycles. The van der Waals surface area contributed by atoms with Crippen LogP contribution in [0, 0.1) is 12.8 Å². The van der Waals surface area contributed by atoms with Gasteiger partial charge in [0.25, 0.3) is 5.91 Å². The average molecular weight is 340 g/mol. The van der Waals surface area contributed by atoms with Crippen LogP contribution >= 0.6 is 36.2 Å². The number of thiazole rings is 1. The van der Waals surface area contributed by atoms with Crippen LogP contribution in [-0.2, 0) is 6.42 Å². The van der Waals surface area contributed by atoms with E-state index in [2.05, 4.69) is 17.2 Å². The highest BCUT2D eigenvalue weighted by molar-refractivity contribution is 7.13. The molecule has 0 spiro atoms. The first-order valence-electron chi connectivity index (χ1n) is 6.62. The first kappa shape index (κ1) is 19.6. The van der Waals surface area contributed by atoms with Crippen molar-refractivity contribution in [3.8, 4) is 0 Å². The fourth-order valence-electron chi connectivity index (χ4n) is 1.97. The SMILES string of the molecule is CCCc1nc(C)c(C(=O)NCC(N)C2CC2)s1.Cl.Cl. The molecule has 1 aromatic rings. The van der Waals surface area contributed by atoms with Crippen LogP contribution in [0.2, 0.25) is 0 Å². The Labute approximate surface area is 136 Å². The Hall–Kier alpha value is -0.360. The Bertz CT molecular complexity index is 435. The second-order valence-electron chi connectivity index (χ2n) is 4.98. The smallest absolute Gasteiger partial charge is 0.263 e. The minimum absolute atomic E-state index is 0. The first-order chi connectivity index (χ1) is 8.61. The molecule has 1 aliphatic carbocycles. The van der Waals surface area contributed by atoms with Crippen LogP contribution < -0.4 is 11.1 Å². The summed E-state index contributed by atoms with van der Waals surface area (Å²) < 4.78 is 0. The van der Waals surface area contributed by atoms with E-state index in [1.807, 2.05) is 6.92 Å². The van der Waals surface area contributed by atoms with Gasteiger partial charge in [-0.25, -0.2) is 4.98 Å². The third kappa shape index (κ3) is 5.20. The van der Waals surface area contributed by atoms with Crippen molar-refractivity contribution in [2.45, 2.75) is 45.6 Å². The molecule has 1 fully saturated rings. The molecule has 1 saturated carbocycles. The average Bonchev–Trinajstić information content (AvgIpc) is 3.11. The topological polar surface area (TPSA) is 68.0 Å². The summed E-state index contributed by atoms with van der Waals surface area (Å²) in [4.78, 5) is 17.2. The van der Waals surface area contributed by atoms with E-state index in [-0.39, 0.29) is 36.8 Å². The monoisotopic (exact) mass is 339 g/mol. The van der Waals surface area contributed by atoms with E-state index in [0.717, 1.165) is 28.4 Å². The normalized spacial score (nSPS) is 14.9. The Morgan fingerprint density at radius 2 is 2.15 bits per heavy atom. The summed E-state index contributed by atoms with van der Waals surface area (Å²) in [6.07, 6.45) is 4.41. The quantitative estimate of drug-likeness (QED) is 0.837. The van der Waals surface area contributed by atoms with Crippen LogP contribution in [0.1, 0.15) is 46.6 Å². The lowest BCUT2D eigenvalue weighted by molar-refractivity contribution is 0.0953. The van der Waals surface area contributed by atoms with Gasteiger partial charge >= 0.3 is 0 Å².